The zero-order chi connectivity index (χ0) is 11.4. The minimum absolute atomic E-state index is 0.199. The maximum absolute atomic E-state index is 11.2. The van der Waals surface area contributed by atoms with Crippen molar-refractivity contribution in [3.05, 3.63) is 35.4 Å². The molecular weight excluding hydrogens is 204 g/mol. The molecule has 1 aliphatic rings. The fraction of sp³-hybridized carbons (Fsp3) is 0.333. The van der Waals surface area contributed by atoms with Crippen molar-refractivity contribution in [3.8, 4) is 0 Å². The van der Waals surface area contributed by atoms with Crippen molar-refractivity contribution in [1.82, 2.24) is 5.32 Å². The van der Waals surface area contributed by atoms with Crippen LogP contribution in [0.2, 0.25) is 0 Å². The predicted octanol–water partition coefficient (Wildman–Crippen LogP) is -0.820. The summed E-state index contributed by atoms with van der Waals surface area (Å²) >= 11 is 0. The molecule has 0 bridgehead atoms. The van der Waals surface area contributed by atoms with Crippen molar-refractivity contribution < 1.29 is 14.5 Å². The standard InChI is InChI=1S/C12H14N2O2/c1-2-16-11(15)8-14-12-10-6-4-3-5-9(10)7-13-12/h3-6H,2,7-8H2,1H3,(H,13,14)/p+1. The second kappa shape index (κ2) is 4.79. The van der Waals surface area contributed by atoms with Crippen LogP contribution in [0.5, 0.6) is 0 Å². The summed E-state index contributed by atoms with van der Waals surface area (Å²) in [6.07, 6.45) is 0. The Morgan fingerprint density at radius 2 is 2.31 bits per heavy atom. The number of benzene rings is 1. The van der Waals surface area contributed by atoms with E-state index in [0.717, 1.165) is 17.9 Å². The molecule has 0 fully saturated rings. The maximum Gasteiger partial charge on any atom is 0.347 e. The fourth-order valence-electron chi connectivity index (χ4n) is 1.73. The largest absolute Gasteiger partial charge is 0.463 e. The van der Waals surface area contributed by atoms with Gasteiger partial charge in [-0.2, -0.15) is 0 Å². The van der Waals surface area contributed by atoms with Crippen LogP contribution in [0.25, 0.3) is 0 Å². The highest BCUT2D eigenvalue weighted by Gasteiger charge is 2.21. The average molecular weight is 219 g/mol. The number of hydrogen-bond acceptors (Lipinski definition) is 3. The van der Waals surface area contributed by atoms with Gasteiger partial charge in [0.15, 0.2) is 6.54 Å². The summed E-state index contributed by atoms with van der Waals surface area (Å²) in [5.74, 6) is 0.671. The minimum Gasteiger partial charge on any atom is -0.463 e. The van der Waals surface area contributed by atoms with Crippen LogP contribution in [0.4, 0.5) is 0 Å². The quantitative estimate of drug-likeness (QED) is 0.653. The van der Waals surface area contributed by atoms with Crippen LogP contribution in [-0.2, 0) is 16.1 Å². The lowest BCUT2D eigenvalue weighted by atomic mass is 10.1. The first-order chi connectivity index (χ1) is 7.81. The van der Waals surface area contributed by atoms with Crippen molar-refractivity contribution >= 4 is 11.8 Å². The lowest BCUT2D eigenvalue weighted by Crippen LogP contribution is -2.71. The molecule has 16 heavy (non-hydrogen) atoms. The number of fused-ring (bicyclic) bond motifs is 1. The van der Waals surface area contributed by atoms with Crippen LogP contribution in [0.3, 0.4) is 0 Å². The van der Waals surface area contributed by atoms with E-state index in [4.69, 9.17) is 4.74 Å². The number of ether oxygens (including phenoxy) is 1. The van der Waals surface area contributed by atoms with E-state index < -0.39 is 0 Å². The van der Waals surface area contributed by atoms with Crippen LogP contribution < -0.4 is 10.3 Å². The van der Waals surface area contributed by atoms with Crippen molar-refractivity contribution in [1.29, 1.82) is 0 Å². The maximum atomic E-state index is 11.2. The molecule has 0 atom stereocenters. The molecule has 0 unspecified atom stereocenters. The average Bonchev–Trinajstić information content (AvgIpc) is 2.70. The molecule has 0 spiro atoms. The number of hydrogen-bond donors (Lipinski definition) is 2. The molecule has 0 aromatic heterocycles. The van der Waals surface area contributed by atoms with Gasteiger partial charge in [0.25, 0.3) is 5.84 Å². The number of carbonyl (C=O) groups excluding carboxylic acids is 1. The Labute approximate surface area is 94.3 Å². The number of nitrogens with one attached hydrogen (secondary N) is 2. The zero-order valence-electron chi connectivity index (χ0n) is 9.25. The first-order valence-corrected chi connectivity index (χ1v) is 5.40. The van der Waals surface area contributed by atoms with E-state index in [1.165, 1.54) is 5.56 Å². The predicted molar refractivity (Wildman–Crippen MR) is 59.9 cm³/mol. The van der Waals surface area contributed by atoms with E-state index in [2.05, 4.69) is 16.4 Å². The molecule has 4 nitrogen and oxygen atoms in total. The van der Waals surface area contributed by atoms with Crippen LogP contribution >= 0.6 is 0 Å². The third kappa shape index (κ3) is 2.21. The Kier molecular flexibility index (Phi) is 3.19. The molecule has 0 radical (unpaired) electrons. The van der Waals surface area contributed by atoms with Crippen LogP contribution in [0.1, 0.15) is 18.1 Å². The third-order valence-electron chi connectivity index (χ3n) is 2.46. The molecule has 2 rings (SSSR count). The van der Waals surface area contributed by atoms with Crippen LogP contribution in [0, 0.1) is 0 Å². The smallest absolute Gasteiger partial charge is 0.347 e. The molecule has 1 heterocycles. The summed E-state index contributed by atoms with van der Waals surface area (Å²) in [5.41, 5.74) is 2.38. The van der Waals surface area contributed by atoms with Gasteiger partial charge in [-0.05, 0) is 13.0 Å². The zero-order valence-corrected chi connectivity index (χ0v) is 9.25. The van der Waals surface area contributed by atoms with Crippen molar-refractivity contribution in [2.45, 2.75) is 13.5 Å². The van der Waals surface area contributed by atoms with E-state index >= 15 is 0 Å². The molecular formula is C12H15N2O2+. The second-order valence-corrected chi connectivity index (χ2v) is 3.54. The molecule has 2 N–H and O–H groups in total. The Bertz CT molecular complexity index is 427. The number of rotatable bonds is 3. The van der Waals surface area contributed by atoms with Gasteiger partial charge < -0.3 is 4.74 Å². The monoisotopic (exact) mass is 219 g/mol. The molecule has 0 saturated carbocycles. The van der Waals surface area contributed by atoms with Gasteiger partial charge in [0.1, 0.15) is 6.54 Å². The minimum atomic E-state index is -0.235. The van der Waals surface area contributed by atoms with Crippen LogP contribution in [-0.4, -0.2) is 25.0 Å². The highest BCUT2D eigenvalue weighted by Crippen LogP contribution is 2.08. The first kappa shape index (κ1) is 10.7. The summed E-state index contributed by atoms with van der Waals surface area (Å²) < 4.78 is 4.85. The highest BCUT2D eigenvalue weighted by atomic mass is 16.5. The van der Waals surface area contributed by atoms with Gasteiger partial charge in [-0.1, -0.05) is 18.2 Å². The third-order valence-corrected chi connectivity index (χ3v) is 2.46. The lowest BCUT2D eigenvalue weighted by Gasteiger charge is -2.01. The Balaban J connectivity index is 1.96. The Morgan fingerprint density at radius 3 is 3.12 bits per heavy atom. The van der Waals surface area contributed by atoms with E-state index in [-0.39, 0.29) is 12.5 Å². The summed E-state index contributed by atoms with van der Waals surface area (Å²) in [5, 5.41) is 3.05. The molecule has 0 aliphatic carbocycles. The topological polar surface area (TPSA) is 52.3 Å². The van der Waals surface area contributed by atoms with Crippen molar-refractivity contribution in [2.75, 3.05) is 13.2 Å². The SMILES string of the molecule is CCOC(=O)CNC1=[NH+]Cc2ccccc21. The van der Waals surface area contributed by atoms with Gasteiger partial charge in [-0.3, -0.25) is 10.3 Å². The van der Waals surface area contributed by atoms with Gasteiger partial charge in [0.05, 0.1) is 12.2 Å². The molecule has 84 valence electrons. The summed E-state index contributed by atoms with van der Waals surface area (Å²) in [7, 11) is 0. The Morgan fingerprint density at radius 1 is 1.50 bits per heavy atom. The van der Waals surface area contributed by atoms with Gasteiger partial charge in [0.2, 0.25) is 0 Å². The molecule has 0 amide bonds. The van der Waals surface area contributed by atoms with E-state index in [9.17, 15) is 4.79 Å². The van der Waals surface area contributed by atoms with E-state index in [1.54, 1.807) is 6.92 Å². The summed E-state index contributed by atoms with van der Waals surface area (Å²) in [6, 6.07) is 8.09. The molecule has 1 aliphatic heterocycles. The Hall–Kier alpha value is -1.84. The first-order valence-electron chi connectivity index (χ1n) is 5.40. The van der Waals surface area contributed by atoms with Gasteiger partial charge >= 0.3 is 5.97 Å². The highest BCUT2D eigenvalue weighted by molar-refractivity contribution is 5.98. The number of amidine groups is 1. The summed E-state index contributed by atoms with van der Waals surface area (Å²) in [4.78, 5) is 14.4. The normalized spacial score (nSPS) is 12.9. The van der Waals surface area contributed by atoms with Crippen molar-refractivity contribution in [2.24, 2.45) is 0 Å². The van der Waals surface area contributed by atoms with Gasteiger partial charge in [-0.15, -0.1) is 0 Å². The van der Waals surface area contributed by atoms with E-state index in [1.807, 2.05) is 18.2 Å². The van der Waals surface area contributed by atoms with Crippen molar-refractivity contribution in [3.63, 3.8) is 0 Å². The number of esters is 1. The number of carbonyl (C=O) groups is 1. The molecule has 1 aromatic rings. The van der Waals surface area contributed by atoms with Gasteiger partial charge in [0, 0.05) is 5.56 Å². The summed E-state index contributed by atoms with van der Waals surface area (Å²) in [6.45, 7) is 3.22. The fourth-order valence-corrected chi connectivity index (χ4v) is 1.73. The molecule has 4 heteroatoms. The van der Waals surface area contributed by atoms with Crippen LogP contribution in [0.15, 0.2) is 24.3 Å². The van der Waals surface area contributed by atoms with E-state index in [0.29, 0.717) is 6.61 Å². The second-order valence-electron chi connectivity index (χ2n) is 3.54. The molecule has 0 saturated heterocycles. The molecule has 1 aromatic carbocycles. The lowest BCUT2D eigenvalue weighted by molar-refractivity contribution is -0.471. The van der Waals surface area contributed by atoms with Gasteiger partial charge in [-0.25, -0.2) is 4.79 Å².